The van der Waals surface area contributed by atoms with Gasteiger partial charge in [0.15, 0.2) is 6.61 Å². The van der Waals surface area contributed by atoms with Gasteiger partial charge in [-0.25, -0.2) is 14.8 Å². The van der Waals surface area contributed by atoms with Gasteiger partial charge in [0.1, 0.15) is 28.3 Å². The maximum absolute atomic E-state index is 13.7. The van der Waals surface area contributed by atoms with E-state index >= 15 is 0 Å². The highest BCUT2D eigenvalue weighted by atomic mass is 19.4. The van der Waals surface area contributed by atoms with Gasteiger partial charge in [-0.05, 0) is 53.4 Å². The van der Waals surface area contributed by atoms with E-state index in [0.717, 1.165) is 29.5 Å². The molecular formula is C35H35F3N6O6. The third-order valence-electron chi connectivity index (χ3n) is 7.39. The normalized spacial score (nSPS) is 12.2. The third-order valence-corrected chi connectivity index (χ3v) is 7.39. The number of ether oxygens (including phenoxy) is 4. The number of hydrogen-bond acceptors (Lipinski definition) is 11. The lowest BCUT2D eigenvalue weighted by molar-refractivity contribution is -0.175. The number of tetrazole rings is 1. The van der Waals surface area contributed by atoms with Crippen molar-refractivity contribution in [1.82, 2.24) is 30.6 Å². The standard InChI is InChI=1S/C35H35F3N6O6/c1-5-7-12-26-32(48-22-15-13-21(14-16-22)23-10-8-9-11-24(23)31-41-43-44-42-31)40-30-25(39-26)17-18-27(47-19-35(36,37)38)29(30)33(46)50-34(20(3)4)49-28(45)6-2/h8-11,13-18,20,34H,5-7,12,19H2,1-4H3,(H,41,42,43,44). The minimum Gasteiger partial charge on any atom is -0.483 e. The molecule has 0 spiro atoms. The van der Waals surface area contributed by atoms with Crippen LogP contribution in [0.4, 0.5) is 13.2 Å². The molecule has 0 amide bonds. The molecule has 50 heavy (non-hydrogen) atoms. The van der Waals surface area contributed by atoms with Crippen LogP contribution in [-0.2, 0) is 20.7 Å². The summed E-state index contributed by atoms with van der Waals surface area (Å²) in [4.78, 5) is 35.1. The smallest absolute Gasteiger partial charge is 0.422 e. The van der Waals surface area contributed by atoms with Crippen LogP contribution in [-0.4, -0.2) is 61.6 Å². The number of halogens is 3. The average Bonchev–Trinajstić information content (AvgIpc) is 3.64. The molecule has 0 aliphatic heterocycles. The molecular weight excluding hydrogens is 657 g/mol. The first-order chi connectivity index (χ1) is 24.0. The monoisotopic (exact) mass is 692 g/mol. The van der Waals surface area contributed by atoms with Gasteiger partial charge in [0.05, 0.1) is 5.52 Å². The lowest BCUT2D eigenvalue weighted by Crippen LogP contribution is -2.29. The van der Waals surface area contributed by atoms with E-state index in [1.807, 2.05) is 43.3 Å². The quantitative estimate of drug-likeness (QED) is 0.0903. The molecule has 15 heteroatoms. The zero-order valence-corrected chi connectivity index (χ0v) is 27.8. The second kappa shape index (κ2) is 15.7. The molecule has 12 nitrogen and oxygen atoms in total. The molecule has 0 bridgehead atoms. The summed E-state index contributed by atoms with van der Waals surface area (Å²) >= 11 is 0. The van der Waals surface area contributed by atoms with Crippen LogP contribution in [0.5, 0.6) is 17.4 Å². The Balaban J connectivity index is 1.55. The number of carbonyl (C=O) groups excluding carboxylic acids is 2. The van der Waals surface area contributed by atoms with Gasteiger partial charge in [0.2, 0.25) is 18.0 Å². The fourth-order valence-electron chi connectivity index (χ4n) is 4.88. The van der Waals surface area contributed by atoms with Crippen molar-refractivity contribution < 1.29 is 41.7 Å². The number of aromatic amines is 1. The molecule has 0 fully saturated rings. The van der Waals surface area contributed by atoms with Crippen LogP contribution in [0.25, 0.3) is 33.5 Å². The number of unbranched alkanes of at least 4 members (excludes halogenated alkanes) is 1. The van der Waals surface area contributed by atoms with E-state index in [1.165, 1.54) is 12.1 Å². The molecule has 2 aromatic heterocycles. The van der Waals surface area contributed by atoms with Crippen LogP contribution < -0.4 is 9.47 Å². The summed E-state index contributed by atoms with van der Waals surface area (Å²) in [6, 6.07) is 17.3. The highest BCUT2D eigenvalue weighted by molar-refractivity contribution is 6.04. The maximum Gasteiger partial charge on any atom is 0.422 e. The summed E-state index contributed by atoms with van der Waals surface area (Å²) in [6.45, 7) is 5.23. The predicted octanol–water partition coefficient (Wildman–Crippen LogP) is 7.65. The third kappa shape index (κ3) is 8.70. The first-order valence-corrected chi connectivity index (χ1v) is 16.0. The Labute approximate surface area is 285 Å². The SMILES string of the molecule is CCCCc1nc2ccc(OCC(F)(F)F)c(C(=O)OC(OC(=O)CC)C(C)C)c2nc1Oc1ccc(-c2ccccc2-c2nn[nH]n2)cc1. The zero-order valence-electron chi connectivity index (χ0n) is 27.8. The number of rotatable bonds is 14. The number of fused-ring (bicyclic) bond motifs is 1. The Hall–Kier alpha value is -5.60. The number of aromatic nitrogens is 6. The lowest BCUT2D eigenvalue weighted by Gasteiger charge is -2.22. The summed E-state index contributed by atoms with van der Waals surface area (Å²) < 4.78 is 61.8. The second-order valence-electron chi connectivity index (χ2n) is 11.6. The van der Waals surface area contributed by atoms with Crippen molar-refractivity contribution in [3.8, 4) is 39.9 Å². The minimum absolute atomic E-state index is 0.0218. The Morgan fingerprint density at radius 2 is 1.66 bits per heavy atom. The van der Waals surface area contributed by atoms with Gasteiger partial charge in [0, 0.05) is 17.9 Å². The molecule has 0 radical (unpaired) electrons. The molecule has 262 valence electrons. The molecule has 0 aliphatic carbocycles. The van der Waals surface area contributed by atoms with Gasteiger partial charge in [-0.2, -0.15) is 18.4 Å². The molecule has 0 saturated heterocycles. The van der Waals surface area contributed by atoms with E-state index in [0.29, 0.717) is 23.7 Å². The Morgan fingerprint density at radius 1 is 0.920 bits per heavy atom. The molecule has 1 N–H and O–H groups in total. The van der Waals surface area contributed by atoms with Crippen LogP contribution in [0, 0.1) is 5.92 Å². The molecule has 5 rings (SSSR count). The van der Waals surface area contributed by atoms with Gasteiger partial charge in [0.25, 0.3) is 0 Å². The van der Waals surface area contributed by atoms with Crippen LogP contribution in [0.3, 0.4) is 0 Å². The van der Waals surface area contributed by atoms with Crippen molar-refractivity contribution in [2.45, 2.75) is 65.8 Å². The van der Waals surface area contributed by atoms with Gasteiger partial charge >= 0.3 is 18.1 Å². The Kier molecular flexibility index (Phi) is 11.2. The Morgan fingerprint density at radius 3 is 2.30 bits per heavy atom. The van der Waals surface area contributed by atoms with Crippen molar-refractivity contribution in [2.24, 2.45) is 5.92 Å². The molecule has 1 unspecified atom stereocenters. The van der Waals surface area contributed by atoms with Crippen molar-refractivity contribution in [3.63, 3.8) is 0 Å². The number of nitrogens with one attached hydrogen (secondary N) is 1. The van der Waals surface area contributed by atoms with Crippen LogP contribution >= 0.6 is 0 Å². The number of esters is 2. The van der Waals surface area contributed by atoms with Gasteiger partial charge in [-0.15, -0.1) is 10.2 Å². The number of hydrogen-bond donors (Lipinski definition) is 1. The fraction of sp³-hybridized carbons (Fsp3) is 0.343. The summed E-state index contributed by atoms with van der Waals surface area (Å²) in [5.41, 5.74) is 2.62. The van der Waals surface area contributed by atoms with Crippen molar-refractivity contribution >= 4 is 23.0 Å². The zero-order chi connectivity index (χ0) is 35.8. The first-order valence-electron chi connectivity index (χ1n) is 16.0. The molecule has 0 aliphatic rings. The maximum atomic E-state index is 13.7. The van der Waals surface area contributed by atoms with Gasteiger partial charge in [-0.3, -0.25) is 4.79 Å². The molecule has 0 saturated carbocycles. The predicted molar refractivity (Wildman–Crippen MR) is 175 cm³/mol. The summed E-state index contributed by atoms with van der Waals surface area (Å²) in [6.07, 6.45) is -3.95. The number of nitrogens with zero attached hydrogens (tertiary/aromatic N) is 5. The highest BCUT2D eigenvalue weighted by Crippen LogP contribution is 2.35. The van der Waals surface area contributed by atoms with E-state index in [4.69, 9.17) is 23.9 Å². The van der Waals surface area contributed by atoms with E-state index < -0.39 is 48.2 Å². The fourth-order valence-corrected chi connectivity index (χ4v) is 4.88. The topological polar surface area (TPSA) is 151 Å². The number of carbonyl (C=O) groups is 2. The summed E-state index contributed by atoms with van der Waals surface area (Å²) in [7, 11) is 0. The van der Waals surface area contributed by atoms with E-state index in [9.17, 15) is 22.8 Å². The second-order valence-corrected chi connectivity index (χ2v) is 11.6. The van der Waals surface area contributed by atoms with Crippen molar-refractivity contribution in [3.05, 3.63) is 71.9 Å². The van der Waals surface area contributed by atoms with E-state index in [-0.39, 0.29) is 23.3 Å². The minimum atomic E-state index is -4.70. The summed E-state index contributed by atoms with van der Waals surface area (Å²) in [5, 5.41) is 14.3. The first kappa shape index (κ1) is 35.7. The van der Waals surface area contributed by atoms with Crippen LogP contribution in [0.1, 0.15) is 63.0 Å². The van der Waals surface area contributed by atoms with E-state index in [2.05, 4.69) is 25.6 Å². The summed E-state index contributed by atoms with van der Waals surface area (Å²) in [5.74, 6) is -1.77. The largest absolute Gasteiger partial charge is 0.483 e. The lowest BCUT2D eigenvalue weighted by atomic mass is 9.99. The molecule has 3 aromatic carbocycles. The number of benzene rings is 3. The number of aryl methyl sites for hydroxylation is 1. The Bertz CT molecular complexity index is 1930. The molecule has 1 atom stereocenters. The average molecular weight is 693 g/mol. The van der Waals surface area contributed by atoms with E-state index in [1.54, 1.807) is 32.9 Å². The van der Waals surface area contributed by atoms with Crippen molar-refractivity contribution in [2.75, 3.05) is 6.61 Å². The van der Waals surface area contributed by atoms with Crippen molar-refractivity contribution in [1.29, 1.82) is 0 Å². The molecule has 2 heterocycles. The van der Waals surface area contributed by atoms with Crippen LogP contribution in [0.2, 0.25) is 0 Å². The number of H-pyrrole nitrogens is 1. The van der Waals surface area contributed by atoms with Gasteiger partial charge < -0.3 is 18.9 Å². The number of alkyl halides is 3. The molecule has 5 aromatic rings. The van der Waals surface area contributed by atoms with Crippen LogP contribution in [0.15, 0.2) is 60.7 Å². The van der Waals surface area contributed by atoms with Gasteiger partial charge in [-0.1, -0.05) is 70.5 Å². The highest BCUT2D eigenvalue weighted by Gasteiger charge is 2.32.